The highest BCUT2D eigenvalue weighted by molar-refractivity contribution is 5.69. The maximum absolute atomic E-state index is 10.6. The number of aliphatic carboxylic acids is 1. The van der Waals surface area contributed by atoms with Gasteiger partial charge in [0.1, 0.15) is 0 Å². The van der Waals surface area contributed by atoms with Gasteiger partial charge >= 0.3 is 5.97 Å². The summed E-state index contributed by atoms with van der Waals surface area (Å²) in [5, 5.41) is 8.73. The van der Waals surface area contributed by atoms with Gasteiger partial charge in [-0.1, -0.05) is 19.3 Å². The third-order valence-electron chi connectivity index (χ3n) is 4.19. The van der Waals surface area contributed by atoms with E-state index in [1.54, 1.807) is 0 Å². The summed E-state index contributed by atoms with van der Waals surface area (Å²) in [6.07, 6.45) is 9.39. The van der Waals surface area contributed by atoms with Gasteiger partial charge in [-0.15, -0.1) is 0 Å². The lowest BCUT2D eigenvalue weighted by Gasteiger charge is -2.44. The van der Waals surface area contributed by atoms with Gasteiger partial charge in [0.05, 0.1) is 6.54 Å². The average Bonchev–Trinajstić information content (AvgIpc) is 2.23. The molecule has 15 heavy (non-hydrogen) atoms. The first kappa shape index (κ1) is 10.9. The van der Waals surface area contributed by atoms with Gasteiger partial charge in [-0.05, 0) is 44.2 Å². The summed E-state index contributed by atoms with van der Waals surface area (Å²) in [5.74, 6) is -0.686. The van der Waals surface area contributed by atoms with Gasteiger partial charge in [-0.25, -0.2) is 0 Å². The van der Waals surface area contributed by atoms with E-state index in [9.17, 15) is 4.79 Å². The molecular weight excluding hydrogens is 190 g/mol. The van der Waals surface area contributed by atoms with Crippen molar-refractivity contribution in [3.63, 3.8) is 0 Å². The number of nitrogens with zero attached hydrogens (tertiary/aromatic N) is 1. The maximum atomic E-state index is 10.6. The Labute approximate surface area is 91.5 Å². The average molecular weight is 211 g/mol. The molecule has 0 aromatic heterocycles. The largest absolute Gasteiger partial charge is 0.480 e. The Morgan fingerprint density at radius 3 is 2.20 bits per heavy atom. The van der Waals surface area contributed by atoms with E-state index < -0.39 is 5.97 Å². The molecule has 0 atom stereocenters. The summed E-state index contributed by atoms with van der Waals surface area (Å²) in [5.41, 5.74) is 0.591. The molecule has 2 aliphatic rings. The van der Waals surface area contributed by atoms with Gasteiger partial charge in [0.2, 0.25) is 0 Å². The van der Waals surface area contributed by atoms with Crippen LogP contribution in [0.4, 0.5) is 0 Å². The number of hydrogen-bond acceptors (Lipinski definition) is 2. The number of carbonyl (C=O) groups is 1. The molecule has 1 saturated heterocycles. The van der Waals surface area contributed by atoms with E-state index in [4.69, 9.17) is 5.11 Å². The smallest absolute Gasteiger partial charge is 0.317 e. The minimum absolute atomic E-state index is 0.232. The van der Waals surface area contributed by atoms with E-state index in [2.05, 4.69) is 4.90 Å². The van der Waals surface area contributed by atoms with Crippen molar-refractivity contribution in [2.45, 2.75) is 44.9 Å². The highest BCUT2D eigenvalue weighted by Gasteiger charge is 2.35. The van der Waals surface area contributed by atoms with Crippen LogP contribution in [-0.2, 0) is 4.79 Å². The molecule has 3 nitrogen and oxygen atoms in total. The van der Waals surface area contributed by atoms with E-state index in [1.165, 1.54) is 44.9 Å². The molecule has 0 aromatic carbocycles. The Morgan fingerprint density at radius 1 is 1.07 bits per heavy atom. The maximum Gasteiger partial charge on any atom is 0.317 e. The van der Waals surface area contributed by atoms with Crippen LogP contribution in [0.5, 0.6) is 0 Å². The Morgan fingerprint density at radius 2 is 1.67 bits per heavy atom. The van der Waals surface area contributed by atoms with Crippen LogP contribution < -0.4 is 0 Å². The second kappa shape index (κ2) is 4.52. The highest BCUT2D eigenvalue weighted by atomic mass is 16.4. The molecule has 0 radical (unpaired) electrons. The van der Waals surface area contributed by atoms with Crippen molar-refractivity contribution in [3.8, 4) is 0 Å². The minimum atomic E-state index is -0.686. The van der Waals surface area contributed by atoms with Crippen LogP contribution in [0.25, 0.3) is 0 Å². The highest BCUT2D eigenvalue weighted by Crippen LogP contribution is 2.44. The normalized spacial score (nSPS) is 26.7. The number of likely N-dealkylation sites (tertiary alicyclic amines) is 1. The van der Waals surface area contributed by atoms with Crippen molar-refractivity contribution in [3.05, 3.63) is 0 Å². The third-order valence-corrected chi connectivity index (χ3v) is 4.19. The molecule has 86 valence electrons. The molecule has 1 aliphatic heterocycles. The number of hydrogen-bond donors (Lipinski definition) is 1. The summed E-state index contributed by atoms with van der Waals surface area (Å²) in [6, 6.07) is 0. The Balaban J connectivity index is 1.82. The van der Waals surface area contributed by atoms with Crippen molar-refractivity contribution >= 4 is 5.97 Å². The minimum Gasteiger partial charge on any atom is -0.480 e. The van der Waals surface area contributed by atoms with Gasteiger partial charge in [-0.3, -0.25) is 9.69 Å². The van der Waals surface area contributed by atoms with Crippen LogP contribution in [0.15, 0.2) is 0 Å². The van der Waals surface area contributed by atoms with Crippen LogP contribution in [0.2, 0.25) is 0 Å². The van der Waals surface area contributed by atoms with Crippen molar-refractivity contribution < 1.29 is 9.90 Å². The predicted molar refractivity (Wildman–Crippen MR) is 58.8 cm³/mol. The summed E-state index contributed by atoms with van der Waals surface area (Å²) in [4.78, 5) is 12.7. The molecular formula is C12H21NO2. The van der Waals surface area contributed by atoms with Crippen LogP contribution in [0.3, 0.4) is 0 Å². The molecule has 1 N–H and O–H groups in total. The molecule has 1 spiro atoms. The molecule has 0 aromatic rings. The van der Waals surface area contributed by atoms with E-state index in [0.717, 1.165) is 13.1 Å². The SMILES string of the molecule is O=C(O)CN1CCC2(CCCCC2)CC1. The van der Waals surface area contributed by atoms with E-state index in [-0.39, 0.29) is 6.54 Å². The third kappa shape index (κ3) is 2.71. The van der Waals surface area contributed by atoms with E-state index >= 15 is 0 Å². The molecule has 3 heteroatoms. The summed E-state index contributed by atoms with van der Waals surface area (Å²) in [7, 11) is 0. The standard InChI is InChI=1S/C12H21NO2/c14-11(15)10-13-8-6-12(7-9-13)4-2-1-3-5-12/h1-10H2,(H,14,15). The summed E-state index contributed by atoms with van der Waals surface area (Å²) < 4.78 is 0. The zero-order valence-corrected chi connectivity index (χ0v) is 9.37. The fraction of sp³-hybridized carbons (Fsp3) is 0.917. The van der Waals surface area contributed by atoms with Gasteiger partial charge in [0.15, 0.2) is 0 Å². The molecule has 1 saturated carbocycles. The molecule has 1 heterocycles. The van der Waals surface area contributed by atoms with Crippen LogP contribution in [0.1, 0.15) is 44.9 Å². The van der Waals surface area contributed by atoms with Crippen molar-refractivity contribution in [1.29, 1.82) is 0 Å². The van der Waals surface area contributed by atoms with Crippen LogP contribution in [-0.4, -0.2) is 35.6 Å². The van der Waals surface area contributed by atoms with Crippen molar-refractivity contribution in [1.82, 2.24) is 4.90 Å². The zero-order chi connectivity index (χ0) is 10.7. The second-order valence-corrected chi connectivity index (χ2v) is 5.23. The molecule has 0 unspecified atom stereocenters. The number of rotatable bonds is 2. The Bertz CT molecular complexity index is 224. The lowest BCUT2D eigenvalue weighted by molar-refractivity contribution is -0.139. The number of piperidine rings is 1. The molecule has 1 aliphatic carbocycles. The first-order valence-corrected chi connectivity index (χ1v) is 6.14. The molecule has 2 rings (SSSR count). The van der Waals surface area contributed by atoms with Gasteiger partial charge in [-0.2, -0.15) is 0 Å². The second-order valence-electron chi connectivity index (χ2n) is 5.23. The van der Waals surface area contributed by atoms with Crippen molar-refractivity contribution in [2.24, 2.45) is 5.41 Å². The topological polar surface area (TPSA) is 40.5 Å². The summed E-state index contributed by atoms with van der Waals surface area (Å²) in [6.45, 7) is 2.22. The van der Waals surface area contributed by atoms with E-state index in [1.807, 2.05) is 0 Å². The lowest BCUT2D eigenvalue weighted by atomic mass is 9.68. The Kier molecular flexibility index (Phi) is 3.29. The van der Waals surface area contributed by atoms with Gasteiger partial charge in [0.25, 0.3) is 0 Å². The monoisotopic (exact) mass is 211 g/mol. The zero-order valence-electron chi connectivity index (χ0n) is 9.37. The fourth-order valence-corrected chi connectivity index (χ4v) is 3.18. The molecule has 2 fully saturated rings. The Hall–Kier alpha value is -0.570. The lowest BCUT2D eigenvalue weighted by Crippen LogP contribution is -2.43. The number of carboxylic acid groups (broad SMARTS) is 1. The molecule has 0 bridgehead atoms. The van der Waals surface area contributed by atoms with Crippen LogP contribution in [0, 0.1) is 5.41 Å². The molecule has 0 amide bonds. The fourth-order valence-electron chi connectivity index (χ4n) is 3.18. The van der Waals surface area contributed by atoms with E-state index in [0.29, 0.717) is 5.41 Å². The first-order chi connectivity index (χ1) is 7.20. The quantitative estimate of drug-likeness (QED) is 0.760. The summed E-state index contributed by atoms with van der Waals surface area (Å²) >= 11 is 0. The predicted octanol–water partition coefficient (Wildman–Crippen LogP) is 2.12. The number of carboxylic acids is 1. The van der Waals surface area contributed by atoms with Crippen LogP contribution >= 0.6 is 0 Å². The van der Waals surface area contributed by atoms with Gasteiger partial charge in [0, 0.05) is 0 Å². The van der Waals surface area contributed by atoms with Gasteiger partial charge < -0.3 is 5.11 Å². The first-order valence-electron chi connectivity index (χ1n) is 6.14. The van der Waals surface area contributed by atoms with Crippen molar-refractivity contribution in [2.75, 3.05) is 19.6 Å².